The van der Waals surface area contributed by atoms with Crippen LogP contribution in [-0.4, -0.2) is 16.5 Å². The normalized spacial score (nSPS) is 20.7. The highest BCUT2D eigenvalue weighted by atomic mass is 15.0. The first-order valence-corrected chi connectivity index (χ1v) is 4.88. The van der Waals surface area contributed by atoms with E-state index in [1.165, 1.54) is 6.42 Å². The summed E-state index contributed by atoms with van der Waals surface area (Å²) in [5, 5.41) is 4.44. The summed E-state index contributed by atoms with van der Waals surface area (Å²) in [5.41, 5.74) is 1.96. The molecule has 0 radical (unpaired) electrons. The van der Waals surface area contributed by atoms with E-state index in [0.29, 0.717) is 6.04 Å². The van der Waals surface area contributed by atoms with Gasteiger partial charge in [-0.15, -0.1) is 0 Å². The van der Waals surface area contributed by atoms with Crippen LogP contribution in [0.1, 0.15) is 18.2 Å². The van der Waals surface area contributed by atoms with Gasteiger partial charge in [0.15, 0.2) is 5.65 Å². The number of rotatable bonds is 1. The quantitative estimate of drug-likeness (QED) is 0.734. The molecule has 0 amide bonds. The van der Waals surface area contributed by atoms with Crippen molar-refractivity contribution in [1.82, 2.24) is 15.3 Å². The number of nitrogens with zero attached hydrogens (tertiary/aromatic N) is 2. The SMILES string of the molecule is c1cnc2nc([C@H]3CCN3)ccc2c1. The number of hydrogen-bond acceptors (Lipinski definition) is 3. The third-order valence-electron chi connectivity index (χ3n) is 2.67. The average molecular weight is 185 g/mol. The van der Waals surface area contributed by atoms with E-state index in [4.69, 9.17) is 0 Å². The van der Waals surface area contributed by atoms with Gasteiger partial charge in [-0.1, -0.05) is 0 Å². The second-order valence-electron chi connectivity index (χ2n) is 3.58. The Morgan fingerprint density at radius 1 is 1.29 bits per heavy atom. The Bertz CT molecular complexity index is 463. The Hall–Kier alpha value is -1.48. The van der Waals surface area contributed by atoms with Gasteiger partial charge in [0, 0.05) is 11.6 Å². The molecule has 0 bridgehead atoms. The molecule has 1 aliphatic rings. The molecule has 2 aromatic rings. The smallest absolute Gasteiger partial charge is 0.159 e. The molecule has 2 aromatic heterocycles. The Kier molecular flexibility index (Phi) is 1.70. The fourth-order valence-corrected chi connectivity index (χ4v) is 1.70. The molecular weight excluding hydrogens is 174 g/mol. The molecule has 1 atom stereocenters. The Morgan fingerprint density at radius 2 is 2.21 bits per heavy atom. The number of aromatic nitrogens is 2. The Balaban J connectivity index is 2.10. The van der Waals surface area contributed by atoms with E-state index < -0.39 is 0 Å². The van der Waals surface area contributed by atoms with E-state index in [1.807, 2.05) is 12.1 Å². The summed E-state index contributed by atoms with van der Waals surface area (Å²) in [6, 6.07) is 8.59. The standard InChI is InChI=1S/C11H11N3/c1-2-8-3-4-10(9-5-7-12-9)14-11(8)13-6-1/h1-4,6,9,12H,5,7H2/t9-/m1/s1. The summed E-state index contributed by atoms with van der Waals surface area (Å²) < 4.78 is 0. The van der Waals surface area contributed by atoms with E-state index in [2.05, 4.69) is 27.4 Å². The van der Waals surface area contributed by atoms with E-state index in [9.17, 15) is 0 Å². The molecule has 1 saturated heterocycles. The summed E-state index contributed by atoms with van der Waals surface area (Å²) in [6.07, 6.45) is 2.97. The van der Waals surface area contributed by atoms with Crippen LogP contribution in [0.3, 0.4) is 0 Å². The van der Waals surface area contributed by atoms with Crippen LogP contribution in [0.15, 0.2) is 30.5 Å². The second kappa shape index (κ2) is 3.03. The minimum atomic E-state index is 0.446. The molecule has 14 heavy (non-hydrogen) atoms. The Labute approximate surface area is 82.2 Å². The van der Waals surface area contributed by atoms with Crippen LogP contribution in [0.25, 0.3) is 11.0 Å². The highest BCUT2D eigenvalue weighted by Crippen LogP contribution is 2.22. The van der Waals surface area contributed by atoms with E-state index in [1.54, 1.807) is 6.20 Å². The number of fused-ring (bicyclic) bond motifs is 1. The molecule has 3 nitrogen and oxygen atoms in total. The van der Waals surface area contributed by atoms with Crippen molar-refractivity contribution in [3.63, 3.8) is 0 Å². The number of pyridine rings is 2. The van der Waals surface area contributed by atoms with Crippen LogP contribution < -0.4 is 5.32 Å². The second-order valence-corrected chi connectivity index (χ2v) is 3.58. The van der Waals surface area contributed by atoms with Crippen LogP contribution in [0.4, 0.5) is 0 Å². The fourth-order valence-electron chi connectivity index (χ4n) is 1.70. The summed E-state index contributed by atoms with van der Waals surface area (Å²) >= 11 is 0. The highest BCUT2D eigenvalue weighted by molar-refractivity contribution is 5.74. The summed E-state index contributed by atoms with van der Waals surface area (Å²) in [4.78, 5) is 8.77. The van der Waals surface area contributed by atoms with Crippen molar-refractivity contribution < 1.29 is 0 Å². The molecule has 0 unspecified atom stereocenters. The average Bonchev–Trinajstić information content (AvgIpc) is 2.15. The molecule has 3 heterocycles. The summed E-state index contributed by atoms with van der Waals surface area (Å²) in [5.74, 6) is 0. The van der Waals surface area contributed by atoms with Gasteiger partial charge in [-0.25, -0.2) is 9.97 Å². The lowest BCUT2D eigenvalue weighted by atomic mass is 10.0. The van der Waals surface area contributed by atoms with Crippen molar-refractivity contribution in [2.24, 2.45) is 0 Å². The van der Waals surface area contributed by atoms with Crippen molar-refractivity contribution >= 4 is 11.0 Å². The zero-order valence-corrected chi connectivity index (χ0v) is 7.77. The lowest BCUT2D eigenvalue weighted by Crippen LogP contribution is -2.35. The molecule has 1 N–H and O–H groups in total. The number of hydrogen-bond donors (Lipinski definition) is 1. The molecule has 0 spiro atoms. The predicted octanol–water partition coefficient (Wildman–Crippen LogP) is 1.66. The maximum atomic E-state index is 4.52. The fraction of sp³-hybridized carbons (Fsp3) is 0.273. The van der Waals surface area contributed by atoms with Crippen molar-refractivity contribution in [1.29, 1.82) is 0 Å². The van der Waals surface area contributed by atoms with Crippen molar-refractivity contribution in [2.75, 3.05) is 6.54 Å². The zero-order chi connectivity index (χ0) is 9.38. The van der Waals surface area contributed by atoms with Crippen molar-refractivity contribution in [3.8, 4) is 0 Å². The van der Waals surface area contributed by atoms with E-state index >= 15 is 0 Å². The molecule has 3 rings (SSSR count). The number of nitrogens with one attached hydrogen (secondary N) is 1. The van der Waals surface area contributed by atoms with Gasteiger partial charge in [0.05, 0.1) is 11.7 Å². The minimum Gasteiger partial charge on any atom is -0.309 e. The molecule has 70 valence electrons. The lowest BCUT2D eigenvalue weighted by molar-refractivity contribution is 0.376. The molecular formula is C11H11N3. The minimum absolute atomic E-state index is 0.446. The molecule has 1 fully saturated rings. The Morgan fingerprint density at radius 3 is 3.00 bits per heavy atom. The topological polar surface area (TPSA) is 37.8 Å². The first-order valence-electron chi connectivity index (χ1n) is 4.88. The van der Waals surface area contributed by atoms with Gasteiger partial charge in [0.25, 0.3) is 0 Å². The zero-order valence-electron chi connectivity index (χ0n) is 7.77. The largest absolute Gasteiger partial charge is 0.309 e. The van der Waals surface area contributed by atoms with Crippen LogP contribution in [0.5, 0.6) is 0 Å². The maximum Gasteiger partial charge on any atom is 0.159 e. The molecule has 0 aromatic carbocycles. The van der Waals surface area contributed by atoms with Gasteiger partial charge in [-0.2, -0.15) is 0 Å². The molecule has 0 aliphatic carbocycles. The highest BCUT2D eigenvalue weighted by Gasteiger charge is 2.19. The van der Waals surface area contributed by atoms with Crippen LogP contribution >= 0.6 is 0 Å². The van der Waals surface area contributed by atoms with Gasteiger partial charge in [0.1, 0.15) is 0 Å². The van der Waals surface area contributed by atoms with Gasteiger partial charge in [0.2, 0.25) is 0 Å². The van der Waals surface area contributed by atoms with Gasteiger partial charge < -0.3 is 5.32 Å². The molecule has 1 aliphatic heterocycles. The van der Waals surface area contributed by atoms with Crippen LogP contribution in [0.2, 0.25) is 0 Å². The van der Waals surface area contributed by atoms with Crippen molar-refractivity contribution in [2.45, 2.75) is 12.5 Å². The van der Waals surface area contributed by atoms with Gasteiger partial charge >= 0.3 is 0 Å². The first kappa shape index (κ1) is 7.88. The maximum absolute atomic E-state index is 4.52. The molecule has 3 heteroatoms. The van der Waals surface area contributed by atoms with Crippen molar-refractivity contribution in [3.05, 3.63) is 36.2 Å². The summed E-state index contributed by atoms with van der Waals surface area (Å²) in [7, 11) is 0. The van der Waals surface area contributed by atoms with E-state index in [0.717, 1.165) is 23.3 Å². The third-order valence-corrected chi connectivity index (χ3v) is 2.67. The van der Waals surface area contributed by atoms with Gasteiger partial charge in [-0.05, 0) is 37.2 Å². The molecule has 0 saturated carbocycles. The van der Waals surface area contributed by atoms with E-state index in [-0.39, 0.29) is 0 Å². The summed E-state index contributed by atoms with van der Waals surface area (Å²) in [6.45, 7) is 1.10. The van der Waals surface area contributed by atoms with Crippen LogP contribution in [-0.2, 0) is 0 Å². The van der Waals surface area contributed by atoms with Crippen LogP contribution in [0, 0.1) is 0 Å². The monoisotopic (exact) mass is 185 g/mol. The predicted molar refractivity (Wildman–Crippen MR) is 54.9 cm³/mol. The third kappa shape index (κ3) is 1.17. The lowest BCUT2D eigenvalue weighted by Gasteiger charge is -2.26. The van der Waals surface area contributed by atoms with Gasteiger partial charge in [-0.3, -0.25) is 0 Å². The first-order chi connectivity index (χ1) is 6.93.